The molecule has 3 N–H and O–H groups in total. The van der Waals surface area contributed by atoms with Gasteiger partial charge in [-0.3, -0.25) is 9.59 Å². The normalized spacial score (nSPS) is 11.8. The molecule has 8 nitrogen and oxygen atoms in total. The number of carbonyl (C=O) groups is 3. The molecule has 1 atom stereocenters. The summed E-state index contributed by atoms with van der Waals surface area (Å²) in [6.45, 7) is 3.77. The van der Waals surface area contributed by atoms with Crippen LogP contribution in [0.1, 0.15) is 39.0 Å². The summed E-state index contributed by atoms with van der Waals surface area (Å²) in [6, 6.07) is -0.950. The van der Waals surface area contributed by atoms with Crippen LogP contribution in [0.4, 0.5) is 0 Å². The molecule has 0 spiro atoms. The number of unbranched alkanes of at least 4 members (excludes halogenated alkanes) is 2. The van der Waals surface area contributed by atoms with E-state index in [1.165, 1.54) is 11.8 Å². The van der Waals surface area contributed by atoms with Gasteiger partial charge in [0.15, 0.2) is 0 Å². The summed E-state index contributed by atoms with van der Waals surface area (Å²) in [6.07, 6.45) is 5.45. The molecule has 0 aromatic carbocycles. The fourth-order valence-electron chi connectivity index (χ4n) is 2.01. The molecule has 0 saturated carbocycles. The molecule has 0 bridgehead atoms. The molecule has 0 aliphatic carbocycles. The van der Waals surface area contributed by atoms with E-state index in [4.69, 9.17) is 9.47 Å². The Morgan fingerprint density at radius 2 is 1.77 bits per heavy atom. The summed E-state index contributed by atoms with van der Waals surface area (Å²) in [5, 5.41) is 14.4. The second kappa shape index (κ2) is 17.1. The molecule has 0 aromatic heterocycles. The lowest BCUT2D eigenvalue weighted by Crippen LogP contribution is -2.42. The third-order valence-corrected chi connectivity index (χ3v) is 3.95. The standard InChI is InChI=1S/C17H32N2O6S/c1-3-4-9-24-10-11-25-12-15(20)19-14(17(22)23)7-5-6-8-18-16(21)13-26-2/h14H,3-13H2,1-2H3,(H,18,21)(H,19,20)(H,22,23). The summed E-state index contributed by atoms with van der Waals surface area (Å²) < 4.78 is 10.5. The number of amides is 2. The molecular weight excluding hydrogens is 360 g/mol. The summed E-state index contributed by atoms with van der Waals surface area (Å²) in [5.74, 6) is -1.15. The first-order valence-electron chi connectivity index (χ1n) is 8.94. The van der Waals surface area contributed by atoms with Gasteiger partial charge in [-0.25, -0.2) is 4.79 Å². The van der Waals surface area contributed by atoms with Crippen LogP contribution < -0.4 is 10.6 Å². The van der Waals surface area contributed by atoms with E-state index in [2.05, 4.69) is 17.6 Å². The van der Waals surface area contributed by atoms with Gasteiger partial charge in [0, 0.05) is 13.2 Å². The van der Waals surface area contributed by atoms with Crippen LogP contribution in [-0.2, 0) is 23.9 Å². The van der Waals surface area contributed by atoms with Crippen molar-refractivity contribution < 1.29 is 29.0 Å². The van der Waals surface area contributed by atoms with Crippen molar-refractivity contribution in [3.63, 3.8) is 0 Å². The Labute approximate surface area is 159 Å². The molecule has 0 fully saturated rings. The van der Waals surface area contributed by atoms with Crippen LogP contribution in [0.2, 0.25) is 0 Å². The summed E-state index contributed by atoms with van der Waals surface area (Å²) in [5.41, 5.74) is 0. The van der Waals surface area contributed by atoms with E-state index in [-0.39, 0.29) is 12.5 Å². The van der Waals surface area contributed by atoms with Crippen LogP contribution in [0.5, 0.6) is 0 Å². The van der Waals surface area contributed by atoms with Gasteiger partial charge in [0.25, 0.3) is 0 Å². The molecule has 1 unspecified atom stereocenters. The highest BCUT2D eigenvalue weighted by Crippen LogP contribution is 2.01. The van der Waals surface area contributed by atoms with Gasteiger partial charge in [0.2, 0.25) is 11.8 Å². The summed E-state index contributed by atoms with van der Waals surface area (Å²) >= 11 is 1.44. The first kappa shape index (κ1) is 24.7. The molecule has 152 valence electrons. The predicted octanol–water partition coefficient (Wildman–Crippen LogP) is 1.04. The minimum Gasteiger partial charge on any atom is -0.480 e. The molecule has 0 saturated heterocycles. The minimum atomic E-state index is -1.08. The van der Waals surface area contributed by atoms with Crippen LogP contribution in [0.25, 0.3) is 0 Å². The van der Waals surface area contributed by atoms with E-state index >= 15 is 0 Å². The minimum absolute atomic E-state index is 0.0311. The van der Waals surface area contributed by atoms with E-state index < -0.39 is 17.9 Å². The second-order valence-electron chi connectivity index (χ2n) is 5.76. The summed E-state index contributed by atoms with van der Waals surface area (Å²) in [7, 11) is 0. The largest absolute Gasteiger partial charge is 0.480 e. The van der Waals surface area contributed by atoms with E-state index in [1.54, 1.807) is 0 Å². The number of rotatable bonds is 17. The number of ether oxygens (including phenoxy) is 2. The van der Waals surface area contributed by atoms with E-state index in [9.17, 15) is 19.5 Å². The average Bonchev–Trinajstić information content (AvgIpc) is 2.59. The first-order chi connectivity index (χ1) is 12.5. The zero-order valence-corrected chi connectivity index (χ0v) is 16.6. The van der Waals surface area contributed by atoms with Gasteiger partial charge >= 0.3 is 5.97 Å². The number of nitrogens with one attached hydrogen (secondary N) is 2. The zero-order valence-electron chi connectivity index (χ0n) is 15.8. The Kier molecular flexibility index (Phi) is 16.2. The fourth-order valence-corrected chi connectivity index (χ4v) is 2.37. The molecule has 0 aliphatic heterocycles. The lowest BCUT2D eigenvalue weighted by Gasteiger charge is -2.14. The lowest BCUT2D eigenvalue weighted by atomic mass is 10.1. The Hall–Kier alpha value is -1.32. The second-order valence-corrected chi connectivity index (χ2v) is 6.62. The predicted molar refractivity (Wildman–Crippen MR) is 101 cm³/mol. The monoisotopic (exact) mass is 392 g/mol. The van der Waals surface area contributed by atoms with Crippen LogP contribution in [0.15, 0.2) is 0 Å². The number of carbonyl (C=O) groups excluding carboxylic acids is 2. The molecule has 9 heteroatoms. The molecule has 0 radical (unpaired) electrons. The molecular formula is C17H32N2O6S. The highest BCUT2D eigenvalue weighted by Gasteiger charge is 2.19. The fraction of sp³-hybridized carbons (Fsp3) is 0.824. The first-order valence-corrected chi connectivity index (χ1v) is 10.3. The Bertz CT molecular complexity index is 409. The highest BCUT2D eigenvalue weighted by molar-refractivity contribution is 7.99. The molecule has 26 heavy (non-hydrogen) atoms. The van der Waals surface area contributed by atoms with E-state index in [0.29, 0.717) is 51.4 Å². The highest BCUT2D eigenvalue weighted by atomic mass is 32.2. The van der Waals surface area contributed by atoms with E-state index in [0.717, 1.165) is 12.8 Å². The quantitative estimate of drug-likeness (QED) is 0.317. The molecule has 0 aliphatic rings. The van der Waals surface area contributed by atoms with E-state index in [1.807, 2.05) is 6.26 Å². The molecule has 0 heterocycles. The van der Waals surface area contributed by atoms with Crippen molar-refractivity contribution in [2.24, 2.45) is 0 Å². The van der Waals surface area contributed by atoms with Gasteiger partial charge < -0.3 is 25.2 Å². The van der Waals surface area contributed by atoms with Crippen molar-refractivity contribution in [2.75, 3.05) is 45.0 Å². The van der Waals surface area contributed by atoms with Crippen LogP contribution in [0, 0.1) is 0 Å². The smallest absolute Gasteiger partial charge is 0.326 e. The topological polar surface area (TPSA) is 114 Å². The van der Waals surface area contributed by atoms with Crippen molar-refractivity contribution in [3.05, 3.63) is 0 Å². The third kappa shape index (κ3) is 15.0. The van der Waals surface area contributed by atoms with Crippen molar-refractivity contribution in [1.82, 2.24) is 10.6 Å². The maximum atomic E-state index is 11.7. The van der Waals surface area contributed by atoms with Gasteiger partial charge in [-0.05, 0) is 31.9 Å². The summed E-state index contributed by atoms with van der Waals surface area (Å²) in [4.78, 5) is 34.3. The van der Waals surface area contributed by atoms with Gasteiger partial charge in [-0.1, -0.05) is 13.3 Å². The number of hydrogen-bond donors (Lipinski definition) is 3. The number of carboxylic acid groups (broad SMARTS) is 1. The van der Waals surface area contributed by atoms with Crippen molar-refractivity contribution in [3.8, 4) is 0 Å². The van der Waals surface area contributed by atoms with Crippen LogP contribution in [-0.4, -0.2) is 73.9 Å². The van der Waals surface area contributed by atoms with Gasteiger partial charge in [-0.15, -0.1) is 0 Å². The van der Waals surface area contributed by atoms with Crippen molar-refractivity contribution >= 4 is 29.5 Å². The number of carboxylic acids is 1. The van der Waals surface area contributed by atoms with Gasteiger partial charge in [0.05, 0.1) is 19.0 Å². The Morgan fingerprint density at radius 3 is 2.42 bits per heavy atom. The van der Waals surface area contributed by atoms with Crippen molar-refractivity contribution in [1.29, 1.82) is 0 Å². The number of aliphatic carboxylic acids is 1. The SMILES string of the molecule is CCCCOCCOCC(=O)NC(CCCCNC(=O)CSC)C(=O)O. The van der Waals surface area contributed by atoms with Crippen LogP contribution in [0.3, 0.4) is 0 Å². The van der Waals surface area contributed by atoms with Crippen molar-refractivity contribution in [2.45, 2.75) is 45.1 Å². The van der Waals surface area contributed by atoms with Crippen LogP contribution >= 0.6 is 11.8 Å². The lowest BCUT2D eigenvalue weighted by molar-refractivity contribution is -0.142. The third-order valence-electron chi connectivity index (χ3n) is 3.40. The maximum absolute atomic E-state index is 11.7. The maximum Gasteiger partial charge on any atom is 0.326 e. The number of hydrogen-bond acceptors (Lipinski definition) is 6. The number of thioether (sulfide) groups is 1. The molecule has 2 amide bonds. The van der Waals surface area contributed by atoms with Gasteiger partial charge in [-0.2, -0.15) is 11.8 Å². The average molecular weight is 393 g/mol. The van der Waals surface area contributed by atoms with Gasteiger partial charge in [0.1, 0.15) is 12.6 Å². The Balaban J connectivity index is 3.81. The molecule has 0 rings (SSSR count). The zero-order chi connectivity index (χ0) is 19.6. The molecule has 0 aromatic rings. The Morgan fingerprint density at radius 1 is 1.04 bits per heavy atom.